The third-order valence-electron chi connectivity index (χ3n) is 4.17. The summed E-state index contributed by atoms with van der Waals surface area (Å²) in [5, 5.41) is 5.01. The van der Waals surface area contributed by atoms with Crippen molar-refractivity contribution in [3.05, 3.63) is 63.9 Å². The summed E-state index contributed by atoms with van der Waals surface area (Å²) in [4.78, 5) is 17.9. The second kappa shape index (κ2) is 7.61. The summed E-state index contributed by atoms with van der Waals surface area (Å²) in [6.45, 7) is 1.93. The first-order valence-corrected chi connectivity index (χ1v) is 8.96. The number of methoxy groups -OCH3 is 2. The molecule has 1 atom stereocenters. The summed E-state index contributed by atoms with van der Waals surface area (Å²) in [5.41, 5.74) is 1.78. The van der Waals surface area contributed by atoms with E-state index in [4.69, 9.17) is 9.47 Å². The number of nitrogens with zero attached hydrogens (tertiary/aromatic N) is 2. The van der Waals surface area contributed by atoms with Gasteiger partial charge in [0.25, 0.3) is 5.91 Å². The summed E-state index contributed by atoms with van der Waals surface area (Å²) in [5.74, 6) is 1.90. The molecule has 1 aromatic carbocycles. The minimum absolute atomic E-state index is 0.132. The highest BCUT2D eigenvalue weighted by molar-refractivity contribution is 7.12. The molecule has 0 aliphatic rings. The number of benzene rings is 1. The van der Waals surface area contributed by atoms with E-state index in [9.17, 15) is 4.79 Å². The van der Waals surface area contributed by atoms with E-state index in [1.165, 1.54) is 11.3 Å². The van der Waals surface area contributed by atoms with Crippen molar-refractivity contribution >= 4 is 17.2 Å². The van der Waals surface area contributed by atoms with Gasteiger partial charge in [-0.2, -0.15) is 0 Å². The van der Waals surface area contributed by atoms with Gasteiger partial charge in [-0.15, -0.1) is 11.3 Å². The van der Waals surface area contributed by atoms with Gasteiger partial charge in [-0.05, 0) is 41.6 Å². The van der Waals surface area contributed by atoms with E-state index in [0.29, 0.717) is 16.4 Å². The molecule has 0 aliphatic carbocycles. The van der Waals surface area contributed by atoms with Crippen molar-refractivity contribution in [3.8, 4) is 11.5 Å². The van der Waals surface area contributed by atoms with Crippen molar-refractivity contribution in [2.45, 2.75) is 13.0 Å². The van der Waals surface area contributed by atoms with Crippen LogP contribution in [0.4, 0.5) is 0 Å². The highest BCUT2D eigenvalue weighted by Crippen LogP contribution is 2.30. The molecule has 0 saturated heterocycles. The van der Waals surface area contributed by atoms with Gasteiger partial charge in [0.1, 0.15) is 23.4 Å². The lowest BCUT2D eigenvalue weighted by molar-refractivity contribution is 0.0944. The lowest BCUT2D eigenvalue weighted by atomic mass is 10.0. The number of aromatic nitrogens is 2. The molecule has 7 heteroatoms. The van der Waals surface area contributed by atoms with Crippen LogP contribution in [0.2, 0.25) is 0 Å². The predicted molar refractivity (Wildman–Crippen MR) is 101 cm³/mol. The fourth-order valence-corrected chi connectivity index (χ4v) is 3.58. The van der Waals surface area contributed by atoms with E-state index in [2.05, 4.69) is 10.3 Å². The molecular weight excluding hydrogens is 350 g/mol. The lowest BCUT2D eigenvalue weighted by Gasteiger charge is -2.20. The molecule has 136 valence electrons. The third kappa shape index (κ3) is 3.57. The van der Waals surface area contributed by atoms with Gasteiger partial charge < -0.3 is 19.4 Å². The van der Waals surface area contributed by atoms with Gasteiger partial charge in [-0.3, -0.25) is 4.79 Å². The SMILES string of the molecule is COc1cc(OC)cc(C(NC(=O)c2sccc2C)c2nccn2C)c1. The zero-order chi connectivity index (χ0) is 18.7. The molecule has 3 rings (SSSR count). The number of ether oxygens (including phenoxy) is 2. The number of amides is 1. The number of thiophene rings is 1. The van der Waals surface area contributed by atoms with Crippen LogP contribution in [0.5, 0.6) is 11.5 Å². The number of hydrogen-bond donors (Lipinski definition) is 1. The van der Waals surface area contributed by atoms with Gasteiger partial charge in [0.15, 0.2) is 0 Å². The van der Waals surface area contributed by atoms with Crippen LogP contribution in [0.1, 0.15) is 32.7 Å². The minimum Gasteiger partial charge on any atom is -0.497 e. The zero-order valence-corrected chi connectivity index (χ0v) is 16.0. The molecule has 0 aliphatic heterocycles. The first kappa shape index (κ1) is 18.0. The highest BCUT2D eigenvalue weighted by atomic mass is 32.1. The number of carbonyl (C=O) groups is 1. The molecule has 3 aromatic rings. The zero-order valence-electron chi connectivity index (χ0n) is 15.1. The van der Waals surface area contributed by atoms with Crippen LogP contribution in [-0.2, 0) is 7.05 Å². The molecule has 1 unspecified atom stereocenters. The standard InChI is InChI=1S/C19H21N3O3S/c1-12-5-8-26-17(12)19(23)21-16(18-20-6-7-22(18)2)13-9-14(24-3)11-15(10-13)25-4/h5-11,16H,1-4H3,(H,21,23). The number of rotatable bonds is 6. The quantitative estimate of drug-likeness (QED) is 0.722. The molecule has 0 saturated carbocycles. The molecule has 2 heterocycles. The molecule has 2 aromatic heterocycles. The van der Waals surface area contributed by atoms with Crippen LogP contribution in [0.3, 0.4) is 0 Å². The molecular formula is C19H21N3O3S. The van der Waals surface area contributed by atoms with Gasteiger partial charge in [-0.25, -0.2) is 4.98 Å². The summed E-state index contributed by atoms with van der Waals surface area (Å²) in [6.07, 6.45) is 3.56. The second-order valence-corrected chi connectivity index (χ2v) is 6.80. The van der Waals surface area contributed by atoms with Crippen molar-refractivity contribution in [2.75, 3.05) is 14.2 Å². The molecule has 1 N–H and O–H groups in total. The van der Waals surface area contributed by atoms with Crippen LogP contribution in [0.25, 0.3) is 0 Å². The molecule has 0 radical (unpaired) electrons. The van der Waals surface area contributed by atoms with Gasteiger partial charge in [0, 0.05) is 25.5 Å². The Labute approximate surface area is 156 Å². The maximum atomic E-state index is 12.8. The van der Waals surface area contributed by atoms with Crippen LogP contribution in [0.15, 0.2) is 42.0 Å². The average molecular weight is 371 g/mol. The van der Waals surface area contributed by atoms with Crippen LogP contribution < -0.4 is 14.8 Å². The maximum absolute atomic E-state index is 12.8. The van der Waals surface area contributed by atoms with E-state index in [-0.39, 0.29) is 5.91 Å². The van der Waals surface area contributed by atoms with E-state index < -0.39 is 6.04 Å². The van der Waals surface area contributed by atoms with Crippen molar-refractivity contribution in [1.82, 2.24) is 14.9 Å². The van der Waals surface area contributed by atoms with E-state index in [0.717, 1.165) is 17.0 Å². The number of nitrogens with one attached hydrogen (secondary N) is 1. The topological polar surface area (TPSA) is 65.4 Å². The number of hydrogen-bond acceptors (Lipinski definition) is 5. The molecule has 1 amide bonds. The Bertz CT molecular complexity index is 894. The smallest absolute Gasteiger partial charge is 0.262 e. The predicted octanol–water partition coefficient (Wildman–Crippen LogP) is 3.33. The molecule has 0 fully saturated rings. The maximum Gasteiger partial charge on any atom is 0.262 e. The largest absolute Gasteiger partial charge is 0.497 e. The molecule has 26 heavy (non-hydrogen) atoms. The monoisotopic (exact) mass is 371 g/mol. The summed E-state index contributed by atoms with van der Waals surface area (Å²) in [6, 6.07) is 7.05. The van der Waals surface area contributed by atoms with Crippen molar-refractivity contribution < 1.29 is 14.3 Å². The first-order chi connectivity index (χ1) is 12.5. The fourth-order valence-electron chi connectivity index (χ4n) is 2.75. The Morgan fingerprint density at radius 2 is 1.92 bits per heavy atom. The number of imidazole rings is 1. The Hall–Kier alpha value is -2.80. The van der Waals surface area contributed by atoms with Crippen LogP contribution in [0, 0.1) is 6.92 Å². The molecule has 0 bridgehead atoms. The fraction of sp³-hybridized carbons (Fsp3) is 0.263. The van der Waals surface area contributed by atoms with Gasteiger partial charge in [0.2, 0.25) is 0 Å². The van der Waals surface area contributed by atoms with Crippen molar-refractivity contribution in [1.29, 1.82) is 0 Å². The Balaban J connectivity index is 2.03. The summed E-state index contributed by atoms with van der Waals surface area (Å²) in [7, 11) is 5.10. The normalized spacial score (nSPS) is 11.8. The average Bonchev–Trinajstić information content (AvgIpc) is 3.27. The van der Waals surface area contributed by atoms with E-state index in [1.807, 2.05) is 48.3 Å². The number of aryl methyl sites for hydroxylation is 2. The minimum atomic E-state index is -0.437. The van der Waals surface area contributed by atoms with Crippen LogP contribution in [-0.4, -0.2) is 29.7 Å². The number of carbonyl (C=O) groups excluding carboxylic acids is 1. The van der Waals surface area contributed by atoms with Gasteiger partial charge in [0.05, 0.1) is 19.1 Å². The Morgan fingerprint density at radius 3 is 2.42 bits per heavy atom. The van der Waals surface area contributed by atoms with E-state index in [1.54, 1.807) is 26.5 Å². The molecule has 6 nitrogen and oxygen atoms in total. The van der Waals surface area contributed by atoms with E-state index >= 15 is 0 Å². The lowest BCUT2D eigenvalue weighted by Crippen LogP contribution is -2.31. The Morgan fingerprint density at radius 1 is 1.23 bits per heavy atom. The van der Waals surface area contributed by atoms with Crippen molar-refractivity contribution in [3.63, 3.8) is 0 Å². The van der Waals surface area contributed by atoms with Crippen molar-refractivity contribution in [2.24, 2.45) is 7.05 Å². The Kier molecular flexibility index (Phi) is 5.27. The van der Waals surface area contributed by atoms with Gasteiger partial charge >= 0.3 is 0 Å². The summed E-state index contributed by atoms with van der Waals surface area (Å²) >= 11 is 1.42. The molecule has 0 spiro atoms. The highest BCUT2D eigenvalue weighted by Gasteiger charge is 2.24. The first-order valence-electron chi connectivity index (χ1n) is 8.08. The third-order valence-corrected chi connectivity index (χ3v) is 5.18. The summed E-state index contributed by atoms with van der Waals surface area (Å²) < 4.78 is 12.6. The second-order valence-electron chi connectivity index (χ2n) is 5.88. The van der Waals surface area contributed by atoms with Gasteiger partial charge in [-0.1, -0.05) is 0 Å². The van der Waals surface area contributed by atoms with Crippen LogP contribution >= 0.6 is 11.3 Å².